The molecule has 0 radical (unpaired) electrons. The minimum atomic E-state index is -0.0989. The van der Waals surface area contributed by atoms with Crippen LogP contribution in [0, 0.1) is 0 Å². The van der Waals surface area contributed by atoms with Gasteiger partial charge < -0.3 is 20.1 Å². The monoisotopic (exact) mass is 253 g/mol. The van der Waals surface area contributed by atoms with Crippen LogP contribution in [-0.2, 0) is 9.47 Å². The molecule has 0 aliphatic heterocycles. The average molecular weight is 253 g/mol. The molecule has 0 fully saturated rings. The van der Waals surface area contributed by atoms with Crippen LogP contribution in [0.15, 0.2) is 18.3 Å². The fourth-order valence-corrected chi connectivity index (χ4v) is 1.48. The van der Waals surface area contributed by atoms with Gasteiger partial charge in [0.05, 0.1) is 13.2 Å². The minimum absolute atomic E-state index is 0.0989. The molecule has 1 rings (SSSR count). The van der Waals surface area contributed by atoms with E-state index in [1.165, 1.54) is 6.20 Å². The Balaban J connectivity index is 2.73. The minimum Gasteiger partial charge on any atom is -0.384 e. The number of hydrogen-bond acceptors (Lipinski definition) is 5. The summed E-state index contributed by atoms with van der Waals surface area (Å²) in [5, 5.41) is 0. The zero-order chi connectivity index (χ0) is 13.4. The number of aromatic nitrogens is 1. The van der Waals surface area contributed by atoms with Gasteiger partial charge in [-0.3, -0.25) is 4.79 Å². The van der Waals surface area contributed by atoms with Gasteiger partial charge in [0.2, 0.25) is 0 Å². The van der Waals surface area contributed by atoms with E-state index in [1.807, 2.05) is 0 Å². The predicted molar refractivity (Wildman–Crippen MR) is 68.3 cm³/mol. The van der Waals surface area contributed by atoms with Gasteiger partial charge in [-0.2, -0.15) is 0 Å². The van der Waals surface area contributed by atoms with E-state index in [9.17, 15) is 4.79 Å². The molecule has 0 atom stereocenters. The number of methoxy groups -OCH3 is 2. The summed E-state index contributed by atoms with van der Waals surface area (Å²) in [6.45, 7) is 1.99. The van der Waals surface area contributed by atoms with Crippen LogP contribution in [-0.4, -0.2) is 56.3 Å². The molecule has 18 heavy (non-hydrogen) atoms. The highest BCUT2D eigenvalue weighted by Gasteiger charge is 2.15. The number of carbonyl (C=O) groups is 1. The molecule has 0 aromatic carbocycles. The van der Waals surface area contributed by atoms with Gasteiger partial charge in [-0.25, -0.2) is 4.98 Å². The zero-order valence-electron chi connectivity index (χ0n) is 10.8. The molecule has 2 N–H and O–H groups in total. The zero-order valence-corrected chi connectivity index (χ0v) is 10.8. The smallest absolute Gasteiger partial charge is 0.254 e. The third kappa shape index (κ3) is 4.31. The van der Waals surface area contributed by atoms with Crippen LogP contribution in [0.3, 0.4) is 0 Å². The van der Waals surface area contributed by atoms with Crippen molar-refractivity contribution in [3.05, 3.63) is 23.9 Å². The second kappa shape index (κ2) is 7.62. The summed E-state index contributed by atoms with van der Waals surface area (Å²) in [5.74, 6) is 0.234. The third-order valence-corrected chi connectivity index (χ3v) is 2.45. The predicted octanol–water partition coefficient (Wildman–Crippen LogP) is 0.399. The van der Waals surface area contributed by atoms with Crippen LogP contribution in [0.25, 0.3) is 0 Å². The lowest BCUT2D eigenvalue weighted by Gasteiger charge is -2.22. The number of rotatable bonds is 7. The first kappa shape index (κ1) is 14.4. The Morgan fingerprint density at radius 3 is 2.44 bits per heavy atom. The van der Waals surface area contributed by atoms with Crippen LogP contribution >= 0.6 is 0 Å². The average Bonchev–Trinajstić information content (AvgIpc) is 2.38. The maximum atomic E-state index is 12.2. The van der Waals surface area contributed by atoms with Gasteiger partial charge in [0.25, 0.3) is 5.91 Å². The lowest BCUT2D eigenvalue weighted by molar-refractivity contribution is 0.0627. The molecule has 0 saturated carbocycles. The number of nitrogens with two attached hydrogens (primary N) is 1. The van der Waals surface area contributed by atoms with Crippen LogP contribution in [0.5, 0.6) is 0 Å². The molecular formula is C12H19N3O3. The first-order valence-corrected chi connectivity index (χ1v) is 5.67. The lowest BCUT2D eigenvalue weighted by atomic mass is 10.2. The standard InChI is InChI=1S/C12H19N3O3/c1-17-7-5-15(6-8-18-2)12(16)10-3-4-14-11(13)9-10/h3-4,9H,5-8H2,1-2H3,(H2,13,14). The van der Waals surface area contributed by atoms with Gasteiger partial charge in [0.15, 0.2) is 0 Å². The molecule has 1 aromatic rings. The lowest BCUT2D eigenvalue weighted by Crippen LogP contribution is -2.36. The van der Waals surface area contributed by atoms with Crippen molar-refractivity contribution in [2.24, 2.45) is 0 Å². The molecular weight excluding hydrogens is 234 g/mol. The Kier molecular flexibility index (Phi) is 6.10. The molecule has 100 valence electrons. The second-order valence-electron chi connectivity index (χ2n) is 3.75. The molecule has 1 aromatic heterocycles. The molecule has 0 unspecified atom stereocenters. The quantitative estimate of drug-likeness (QED) is 0.761. The number of nitrogen functional groups attached to an aromatic ring is 1. The van der Waals surface area contributed by atoms with E-state index in [0.717, 1.165) is 0 Å². The van der Waals surface area contributed by atoms with Crippen molar-refractivity contribution in [3.8, 4) is 0 Å². The SMILES string of the molecule is COCCN(CCOC)C(=O)c1ccnc(N)c1. The number of hydrogen-bond donors (Lipinski definition) is 1. The van der Waals surface area contributed by atoms with Crippen molar-refractivity contribution in [1.29, 1.82) is 0 Å². The molecule has 0 aliphatic carbocycles. The first-order chi connectivity index (χ1) is 8.69. The van der Waals surface area contributed by atoms with Crippen molar-refractivity contribution in [3.63, 3.8) is 0 Å². The maximum Gasteiger partial charge on any atom is 0.254 e. The van der Waals surface area contributed by atoms with Gasteiger partial charge in [-0.1, -0.05) is 0 Å². The summed E-state index contributed by atoms with van der Waals surface area (Å²) in [6, 6.07) is 3.21. The van der Waals surface area contributed by atoms with E-state index in [0.29, 0.717) is 37.7 Å². The van der Waals surface area contributed by atoms with E-state index in [4.69, 9.17) is 15.2 Å². The summed E-state index contributed by atoms with van der Waals surface area (Å²) >= 11 is 0. The summed E-state index contributed by atoms with van der Waals surface area (Å²) in [7, 11) is 3.20. The van der Waals surface area contributed by atoms with Crippen molar-refractivity contribution >= 4 is 11.7 Å². The second-order valence-corrected chi connectivity index (χ2v) is 3.75. The highest BCUT2D eigenvalue weighted by Crippen LogP contribution is 2.07. The van der Waals surface area contributed by atoms with Gasteiger partial charge in [0, 0.05) is 39.1 Å². The Morgan fingerprint density at radius 2 is 1.94 bits per heavy atom. The van der Waals surface area contributed by atoms with Crippen LogP contribution < -0.4 is 5.73 Å². The normalized spacial score (nSPS) is 10.3. The Hall–Kier alpha value is -1.66. The number of carbonyl (C=O) groups excluding carboxylic acids is 1. The van der Waals surface area contributed by atoms with E-state index >= 15 is 0 Å². The highest BCUT2D eigenvalue weighted by molar-refractivity contribution is 5.94. The molecule has 0 aliphatic rings. The van der Waals surface area contributed by atoms with Crippen molar-refractivity contribution in [2.75, 3.05) is 46.3 Å². The van der Waals surface area contributed by atoms with Crippen LogP contribution in [0.4, 0.5) is 5.82 Å². The van der Waals surface area contributed by atoms with Crippen LogP contribution in [0.2, 0.25) is 0 Å². The number of ether oxygens (including phenoxy) is 2. The van der Waals surface area contributed by atoms with Crippen LogP contribution in [0.1, 0.15) is 10.4 Å². The number of amides is 1. The fraction of sp³-hybridized carbons (Fsp3) is 0.500. The Labute approximate surface area is 107 Å². The van der Waals surface area contributed by atoms with Crippen molar-refractivity contribution in [2.45, 2.75) is 0 Å². The Morgan fingerprint density at radius 1 is 1.33 bits per heavy atom. The molecule has 0 saturated heterocycles. The number of nitrogens with zero attached hydrogens (tertiary/aromatic N) is 2. The van der Waals surface area contributed by atoms with Crippen molar-refractivity contribution in [1.82, 2.24) is 9.88 Å². The topological polar surface area (TPSA) is 77.7 Å². The summed E-state index contributed by atoms with van der Waals surface area (Å²) in [4.78, 5) is 17.8. The fourth-order valence-electron chi connectivity index (χ4n) is 1.48. The van der Waals surface area contributed by atoms with Crippen molar-refractivity contribution < 1.29 is 14.3 Å². The molecule has 6 nitrogen and oxygen atoms in total. The van der Waals surface area contributed by atoms with E-state index in [-0.39, 0.29) is 5.91 Å². The highest BCUT2D eigenvalue weighted by atomic mass is 16.5. The number of anilines is 1. The maximum absolute atomic E-state index is 12.2. The van der Waals surface area contributed by atoms with Gasteiger partial charge in [-0.05, 0) is 12.1 Å². The van der Waals surface area contributed by atoms with Gasteiger partial charge in [0.1, 0.15) is 5.82 Å². The molecule has 6 heteroatoms. The summed E-state index contributed by atoms with van der Waals surface area (Å²) in [6.07, 6.45) is 1.52. The van der Waals surface area contributed by atoms with Gasteiger partial charge in [-0.15, -0.1) is 0 Å². The third-order valence-electron chi connectivity index (χ3n) is 2.45. The largest absolute Gasteiger partial charge is 0.384 e. The van der Waals surface area contributed by atoms with Gasteiger partial charge >= 0.3 is 0 Å². The molecule has 0 bridgehead atoms. The summed E-state index contributed by atoms with van der Waals surface area (Å²) in [5.41, 5.74) is 6.09. The summed E-state index contributed by atoms with van der Waals surface area (Å²) < 4.78 is 9.98. The van der Waals surface area contributed by atoms with E-state index < -0.39 is 0 Å². The molecule has 1 heterocycles. The Bertz CT molecular complexity index is 377. The first-order valence-electron chi connectivity index (χ1n) is 5.67. The van der Waals surface area contributed by atoms with E-state index in [2.05, 4.69) is 4.98 Å². The molecule has 1 amide bonds. The van der Waals surface area contributed by atoms with E-state index in [1.54, 1.807) is 31.3 Å². The number of pyridine rings is 1. The molecule has 0 spiro atoms.